The molecule has 2 saturated heterocycles. The van der Waals surface area contributed by atoms with Gasteiger partial charge in [-0.25, -0.2) is 0 Å². The minimum Gasteiger partial charge on any atom is -0.341 e. The zero-order valence-electron chi connectivity index (χ0n) is 12.5. The molecule has 2 fully saturated rings. The fourth-order valence-electron chi connectivity index (χ4n) is 2.91. The summed E-state index contributed by atoms with van der Waals surface area (Å²) in [7, 11) is 0. The van der Waals surface area contributed by atoms with Crippen LogP contribution in [0.5, 0.6) is 0 Å². The summed E-state index contributed by atoms with van der Waals surface area (Å²) in [6.07, 6.45) is 0.320. The van der Waals surface area contributed by atoms with Gasteiger partial charge in [0.05, 0.1) is 6.42 Å². The second kappa shape index (κ2) is 5.05. The van der Waals surface area contributed by atoms with Gasteiger partial charge in [-0.15, -0.1) is 11.8 Å². The van der Waals surface area contributed by atoms with Gasteiger partial charge >= 0.3 is 0 Å². The van der Waals surface area contributed by atoms with Crippen molar-refractivity contribution in [2.24, 2.45) is 0 Å². The first-order valence-electron chi connectivity index (χ1n) is 7.23. The van der Waals surface area contributed by atoms with Gasteiger partial charge in [0.2, 0.25) is 11.8 Å². The molecule has 0 aromatic heterocycles. The maximum Gasteiger partial charge on any atom is 0.249 e. The van der Waals surface area contributed by atoms with Crippen LogP contribution in [0.1, 0.15) is 26.3 Å². The number of nitrogens with zero attached hydrogens (tertiary/aromatic N) is 1. The van der Waals surface area contributed by atoms with E-state index in [0.717, 1.165) is 5.56 Å². The Kier molecular flexibility index (Phi) is 3.48. The number of nitrogens with one attached hydrogen (secondary N) is 1. The lowest BCUT2D eigenvalue weighted by atomic mass is 9.97. The van der Waals surface area contributed by atoms with Gasteiger partial charge in [-0.05, 0) is 26.3 Å². The van der Waals surface area contributed by atoms with E-state index >= 15 is 0 Å². The topological polar surface area (TPSA) is 49.4 Å². The molecule has 0 spiro atoms. The maximum atomic E-state index is 12.2. The predicted octanol–water partition coefficient (Wildman–Crippen LogP) is 1.80. The molecular formula is C16H20N2O2S. The minimum atomic E-state index is -0.365. The molecule has 2 aliphatic heterocycles. The third kappa shape index (κ3) is 2.44. The molecule has 5 heteroatoms. The number of hydrogen-bond acceptors (Lipinski definition) is 3. The molecule has 0 bridgehead atoms. The second-order valence-corrected chi connectivity index (χ2v) is 8.01. The van der Waals surface area contributed by atoms with E-state index in [4.69, 9.17) is 0 Å². The van der Waals surface area contributed by atoms with Crippen molar-refractivity contribution in [3.63, 3.8) is 0 Å². The average Bonchev–Trinajstić information content (AvgIpc) is 2.65. The van der Waals surface area contributed by atoms with E-state index in [1.807, 2.05) is 35.2 Å². The highest BCUT2D eigenvalue weighted by Gasteiger charge is 2.60. The Morgan fingerprint density at radius 2 is 2.00 bits per heavy atom. The molecule has 0 aliphatic carbocycles. The van der Waals surface area contributed by atoms with Crippen molar-refractivity contribution in [1.82, 2.24) is 10.2 Å². The predicted molar refractivity (Wildman–Crippen MR) is 83.8 cm³/mol. The molecule has 2 heterocycles. The molecule has 0 radical (unpaired) electrons. The van der Waals surface area contributed by atoms with Gasteiger partial charge in [0.25, 0.3) is 0 Å². The molecule has 112 valence electrons. The summed E-state index contributed by atoms with van der Waals surface area (Å²) in [4.78, 5) is 26.2. The molecule has 2 aliphatic rings. The van der Waals surface area contributed by atoms with Gasteiger partial charge in [-0.2, -0.15) is 0 Å². The number of rotatable bonds is 3. The van der Waals surface area contributed by atoms with E-state index < -0.39 is 0 Å². The number of benzene rings is 1. The number of fused-ring (bicyclic) bond motifs is 1. The van der Waals surface area contributed by atoms with Crippen molar-refractivity contribution in [1.29, 1.82) is 0 Å². The molecule has 3 rings (SSSR count). The zero-order valence-corrected chi connectivity index (χ0v) is 13.3. The summed E-state index contributed by atoms with van der Waals surface area (Å²) in [6.45, 7) is 6.38. The molecule has 3 atom stereocenters. The van der Waals surface area contributed by atoms with Crippen LogP contribution in [0.3, 0.4) is 0 Å². The number of amides is 2. The summed E-state index contributed by atoms with van der Waals surface area (Å²) in [5, 5.41) is 2.98. The number of hydrogen-bond donors (Lipinski definition) is 1. The normalized spacial score (nSPS) is 29.8. The molecule has 2 amide bonds. The van der Waals surface area contributed by atoms with Crippen molar-refractivity contribution in [3.8, 4) is 0 Å². The first kappa shape index (κ1) is 14.4. The van der Waals surface area contributed by atoms with Gasteiger partial charge in [0, 0.05) is 10.8 Å². The second-order valence-electron chi connectivity index (χ2n) is 6.24. The van der Waals surface area contributed by atoms with Crippen LogP contribution in [-0.4, -0.2) is 38.9 Å². The van der Waals surface area contributed by atoms with Crippen molar-refractivity contribution >= 4 is 23.6 Å². The van der Waals surface area contributed by atoms with Gasteiger partial charge in [-0.1, -0.05) is 30.3 Å². The summed E-state index contributed by atoms with van der Waals surface area (Å²) in [5.41, 5.74) is 0.964. The summed E-state index contributed by atoms with van der Waals surface area (Å²) in [6, 6.07) is 9.44. The monoisotopic (exact) mass is 304 g/mol. The lowest BCUT2D eigenvalue weighted by Crippen LogP contribution is -2.69. The Morgan fingerprint density at radius 3 is 2.67 bits per heavy atom. The number of thioether (sulfide) groups is 1. The fraction of sp³-hybridized carbons (Fsp3) is 0.500. The Labute approximate surface area is 129 Å². The smallest absolute Gasteiger partial charge is 0.249 e. The Balaban J connectivity index is 1.62. The van der Waals surface area contributed by atoms with Crippen LogP contribution < -0.4 is 5.32 Å². The van der Waals surface area contributed by atoms with E-state index in [2.05, 4.69) is 26.1 Å². The third-order valence-electron chi connectivity index (χ3n) is 4.45. The van der Waals surface area contributed by atoms with Gasteiger partial charge < -0.3 is 10.2 Å². The summed E-state index contributed by atoms with van der Waals surface area (Å²) < 4.78 is 0.0409. The van der Waals surface area contributed by atoms with Crippen LogP contribution in [0.25, 0.3) is 0 Å². The van der Waals surface area contributed by atoms with Gasteiger partial charge in [-0.3, -0.25) is 9.59 Å². The Bertz CT molecular complexity index is 573. The molecular weight excluding hydrogens is 284 g/mol. The van der Waals surface area contributed by atoms with Crippen LogP contribution in [-0.2, 0) is 16.0 Å². The van der Waals surface area contributed by atoms with Gasteiger partial charge in [0.15, 0.2) is 0 Å². The summed E-state index contributed by atoms with van der Waals surface area (Å²) in [5.74, 6) is -0.0378. The van der Waals surface area contributed by atoms with Crippen LogP contribution in [0.2, 0.25) is 0 Å². The Hall–Kier alpha value is -1.49. The SMILES string of the molecule is C[C@@H]1N2C(=O)[C@@H](NC(=O)Cc3ccccc3)[C@H]2SC1(C)C. The van der Waals surface area contributed by atoms with E-state index in [9.17, 15) is 9.59 Å². The molecule has 1 N–H and O–H groups in total. The highest BCUT2D eigenvalue weighted by atomic mass is 32.2. The van der Waals surface area contributed by atoms with Crippen molar-refractivity contribution < 1.29 is 9.59 Å². The number of carbonyl (C=O) groups is 2. The third-order valence-corrected chi connectivity index (χ3v) is 6.14. The zero-order chi connectivity index (χ0) is 15.2. The molecule has 1 aromatic rings. The van der Waals surface area contributed by atoms with Crippen LogP contribution in [0.4, 0.5) is 0 Å². The van der Waals surface area contributed by atoms with Crippen LogP contribution >= 0.6 is 11.8 Å². The Morgan fingerprint density at radius 1 is 1.33 bits per heavy atom. The maximum absolute atomic E-state index is 12.2. The van der Waals surface area contributed by atoms with Crippen LogP contribution in [0, 0.1) is 0 Å². The highest BCUT2D eigenvalue weighted by Crippen LogP contribution is 2.50. The standard InChI is InChI=1S/C16H20N2O2S/c1-10-16(2,3)21-15-13(14(20)18(10)15)17-12(19)9-11-7-5-4-6-8-11/h4-8,10,13,15H,9H2,1-3H3,(H,17,19)/t10-,13+,15+/m0/s1. The van der Waals surface area contributed by atoms with E-state index in [1.165, 1.54) is 0 Å². The van der Waals surface area contributed by atoms with Gasteiger partial charge in [0.1, 0.15) is 11.4 Å². The number of carbonyl (C=O) groups excluding carboxylic acids is 2. The lowest BCUT2D eigenvalue weighted by Gasteiger charge is -2.44. The molecule has 21 heavy (non-hydrogen) atoms. The van der Waals surface area contributed by atoms with Crippen LogP contribution in [0.15, 0.2) is 30.3 Å². The average molecular weight is 304 g/mol. The minimum absolute atomic E-state index is 0.0409. The van der Waals surface area contributed by atoms with E-state index in [1.54, 1.807) is 11.8 Å². The first-order valence-corrected chi connectivity index (χ1v) is 8.11. The first-order chi connectivity index (χ1) is 9.90. The highest BCUT2D eigenvalue weighted by molar-refractivity contribution is 8.01. The fourth-order valence-corrected chi connectivity index (χ4v) is 4.56. The summed E-state index contributed by atoms with van der Waals surface area (Å²) >= 11 is 1.78. The lowest BCUT2D eigenvalue weighted by molar-refractivity contribution is -0.150. The molecule has 0 saturated carbocycles. The van der Waals surface area contributed by atoms with E-state index in [0.29, 0.717) is 6.42 Å². The largest absolute Gasteiger partial charge is 0.341 e. The van der Waals surface area contributed by atoms with E-state index in [-0.39, 0.29) is 34.0 Å². The molecule has 1 aromatic carbocycles. The van der Waals surface area contributed by atoms with Crippen molar-refractivity contribution in [3.05, 3.63) is 35.9 Å². The van der Waals surface area contributed by atoms with Crippen molar-refractivity contribution in [2.75, 3.05) is 0 Å². The quantitative estimate of drug-likeness (QED) is 0.866. The molecule has 0 unspecified atom stereocenters. The van der Waals surface area contributed by atoms with Crippen molar-refractivity contribution in [2.45, 2.75) is 49.4 Å². The number of β-lactam (4-membered cyclic amide) rings is 1. The molecule has 4 nitrogen and oxygen atoms in total.